The van der Waals surface area contributed by atoms with Gasteiger partial charge in [0.15, 0.2) is 0 Å². The Morgan fingerprint density at radius 1 is 0.367 bits per heavy atom. The third kappa shape index (κ3) is 4.51. The molecule has 0 aliphatic heterocycles. The summed E-state index contributed by atoms with van der Waals surface area (Å²) in [6.07, 6.45) is 0. The van der Waals surface area contributed by atoms with Gasteiger partial charge in [-0.3, -0.25) is 0 Å². The number of rotatable bonds is 5. The number of nitrogens with zero attached hydrogens (tertiary/aromatic N) is 2. The first-order valence-corrected chi connectivity index (χ1v) is 16.7. The van der Waals surface area contributed by atoms with Gasteiger partial charge in [0.1, 0.15) is 11.2 Å². The zero-order valence-electron chi connectivity index (χ0n) is 26.6. The van der Waals surface area contributed by atoms with Crippen LogP contribution in [0.5, 0.6) is 0 Å². The summed E-state index contributed by atoms with van der Waals surface area (Å²) in [7, 11) is 0. The highest BCUT2D eigenvalue weighted by Crippen LogP contribution is 2.42. The number of anilines is 3. The average molecular weight is 627 g/mol. The maximum absolute atomic E-state index is 6.56. The van der Waals surface area contributed by atoms with Crippen molar-refractivity contribution in [1.29, 1.82) is 0 Å². The predicted molar refractivity (Wildman–Crippen MR) is 206 cm³/mol. The minimum atomic E-state index is 0.869. The lowest BCUT2D eigenvalue weighted by Crippen LogP contribution is -2.10. The molecule has 2 heterocycles. The Hall–Kier alpha value is -6.58. The molecular weight excluding hydrogens is 597 g/mol. The van der Waals surface area contributed by atoms with Crippen LogP contribution in [0.4, 0.5) is 17.1 Å². The largest absolute Gasteiger partial charge is 0.456 e. The molecule has 0 unspecified atom stereocenters. The third-order valence-electron chi connectivity index (χ3n) is 9.74. The monoisotopic (exact) mass is 626 g/mol. The summed E-state index contributed by atoms with van der Waals surface area (Å²) in [6, 6.07) is 65.0. The molecule has 0 aliphatic carbocycles. The van der Waals surface area contributed by atoms with Crippen molar-refractivity contribution in [1.82, 2.24) is 4.57 Å². The lowest BCUT2D eigenvalue weighted by Gasteiger charge is -2.26. The van der Waals surface area contributed by atoms with Crippen LogP contribution < -0.4 is 4.90 Å². The number of fused-ring (bicyclic) bond motifs is 7. The fourth-order valence-electron chi connectivity index (χ4n) is 7.42. The molecule has 0 atom stereocenters. The standard InChI is InChI=1S/C46H30N2O/c1-3-11-31(12-4-1)32-19-21-36(22-20-32)47(38-24-26-41-42-27-33-13-7-8-14-34(33)28-45(42)49-46(41)30-38)37-23-25-40-39-17-9-10-18-43(39)48(44(40)29-37)35-15-5-2-6-16-35/h1-30H. The van der Waals surface area contributed by atoms with Crippen molar-refractivity contribution >= 4 is 71.6 Å². The first-order valence-electron chi connectivity index (χ1n) is 16.7. The quantitative estimate of drug-likeness (QED) is 0.190. The van der Waals surface area contributed by atoms with Gasteiger partial charge in [-0.25, -0.2) is 0 Å². The molecule has 0 N–H and O–H groups in total. The van der Waals surface area contributed by atoms with Crippen LogP contribution in [0.2, 0.25) is 0 Å². The van der Waals surface area contributed by atoms with Gasteiger partial charge >= 0.3 is 0 Å². The van der Waals surface area contributed by atoms with Crippen molar-refractivity contribution in [2.45, 2.75) is 0 Å². The van der Waals surface area contributed by atoms with Gasteiger partial charge in [-0.2, -0.15) is 0 Å². The van der Waals surface area contributed by atoms with Gasteiger partial charge in [-0.1, -0.05) is 109 Å². The minimum absolute atomic E-state index is 0.869. The van der Waals surface area contributed by atoms with E-state index in [2.05, 4.69) is 191 Å². The summed E-state index contributed by atoms with van der Waals surface area (Å²) in [5, 5.41) is 7.10. The fourth-order valence-corrected chi connectivity index (χ4v) is 7.42. The van der Waals surface area contributed by atoms with E-state index in [9.17, 15) is 0 Å². The molecule has 0 radical (unpaired) electrons. The average Bonchev–Trinajstić information content (AvgIpc) is 3.69. The summed E-state index contributed by atoms with van der Waals surface area (Å²) in [5.41, 5.74) is 10.8. The second-order valence-corrected chi connectivity index (χ2v) is 12.6. The second-order valence-electron chi connectivity index (χ2n) is 12.6. The van der Waals surface area contributed by atoms with Gasteiger partial charge in [0, 0.05) is 50.4 Å². The van der Waals surface area contributed by atoms with Crippen LogP contribution in [0.1, 0.15) is 0 Å². The van der Waals surface area contributed by atoms with E-state index >= 15 is 0 Å². The molecule has 230 valence electrons. The molecule has 8 aromatic carbocycles. The van der Waals surface area contributed by atoms with E-state index in [1.165, 1.54) is 38.2 Å². The van der Waals surface area contributed by atoms with Gasteiger partial charge in [-0.05, 0) is 88.6 Å². The molecule has 2 aromatic heterocycles. The zero-order valence-corrected chi connectivity index (χ0v) is 26.6. The molecule has 49 heavy (non-hydrogen) atoms. The fraction of sp³-hybridized carbons (Fsp3) is 0. The molecular formula is C46H30N2O. The number of furan rings is 1. The molecule has 0 fully saturated rings. The lowest BCUT2D eigenvalue weighted by molar-refractivity contribution is 0.669. The van der Waals surface area contributed by atoms with E-state index in [0.29, 0.717) is 0 Å². The van der Waals surface area contributed by atoms with Crippen molar-refractivity contribution in [2.75, 3.05) is 4.90 Å². The van der Waals surface area contributed by atoms with Gasteiger partial charge in [0.25, 0.3) is 0 Å². The van der Waals surface area contributed by atoms with Crippen molar-refractivity contribution in [2.24, 2.45) is 0 Å². The number of hydrogen-bond donors (Lipinski definition) is 0. The predicted octanol–water partition coefficient (Wildman–Crippen LogP) is 13.0. The number of para-hydroxylation sites is 2. The summed E-state index contributed by atoms with van der Waals surface area (Å²) in [5.74, 6) is 0. The third-order valence-corrected chi connectivity index (χ3v) is 9.74. The van der Waals surface area contributed by atoms with Crippen LogP contribution >= 0.6 is 0 Å². The number of benzene rings is 8. The Labute approximate surface area is 283 Å². The normalized spacial score (nSPS) is 11.7. The Morgan fingerprint density at radius 2 is 0.939 bits per heavy atom. The molecule has 0 saturated carbocycles. The molecule has 10 rings (SSSR count). The summed E-state index contributed by atoms with van der Waals surface area (Å²) in [4.78, 5) is 2.34. The second kappa shape index (κ2) is 11.0. The summed E-state index contributed by atoms with van der Waals surface area (Å²) < 4.78 is 8.93. The molecule has 3 heteroatoms. The summed E-state index contributed by atoms with van der Waals surface area (Å²) in [6.45, 7) is 0. The van der Waals surface area contributed by atoms with E-state index in [4.69, 9.17) is 4.42 Å². The van der Waals surface area contributed by atoms with Crippen LogP contribution in [-0.4, -0.2) is 4.57 Å². The van der Waals surface area contributed by atoms with Crippen molar-refractivity contribution in [3.05, 3.63) is 182 Å². The number of hydrogen-bond acceptors (Lipinski definition) is 2. The van der Waals surface area contributed by atoms with E-state index < -0.39 is 0 Å². The van der Waals surface area contributed by atoms with E-state index in [-0.39, 0.29) is 0 Å². The van der Waals surface area contributed by atoms with Crippen LogP contribution in [-0.2, 0) is 0 Å². The Balaban J connectivity index is 1.19. The SMILES string of the molecule is c1ccc(-c2ccc(N(c3ccc4c(c3)oc3cc5ccccc5cc34)c3ccc4c5ccccc5n(-c5ccccc5)c4c3)cc2)cc1. The maximum Gasteiger partial charge on any atom is 0.137 e. The summed E-state index contributed by atoms with van der Waals surface area (Å²) >= 11 is 0. The number of aromatic nitrogens is 1. The van der Waals surface area contributed by atoms with E-state index in [0.717, 1.165) is 50.2 Å². The zero-order chi connectivity index (χ0) is 32.3. The van der Waals surface area contributed by atoms with Gasteiger partial charge < -0.3 is 13.9 Å². The van der Waals surface area contributed by atoms with Crippen LogP contribution in [0.25, 0.3) is 71.3 Å². The van der Waals surface area contributed by atoms with Crippen molar-refractivity contribution in [3.63, 3.8) is 0 Å². The Kier molecular flexibility index (Phi) is 6.18. The van der Waals surface area contributed by atoms with E-state index in [1.54, 1.807) is 0 Å². The highest BCUT2D eigenvalue weighted by molar-refractivity contribution is 6.12. The molecule has 0 bridgehead atoms. The Morgan fingerprint density at radius 3 is 1.73 bits per heavy atom. The topological polar surface area (TPSA) is 21.3 Å². The highest BCUT2D eigenvalue weighted by Gasteiger charge is 2.19. The Bertz CT molecular complexity index is 2810. The molecule has 0 amide bonds. The van der Waals surface area contributed by atoms with Crippen molar-refractivity contribution < 1.29 is 4.42 Å². The molecule has 3 nitrogen and oxygen atoms in total. The van der Waals surface area contributed by atoms with Gasteiger partial charge in [0.2, 0.25) is 0 Å². The minimum Gasteiger partial charge on any atom is -0.456 e. The lowest BCUT2D eigenvalue weighted by atomic mass is 10.0. The molecule has 0 aliphatic rings. The first-order chi connectivity index (χ1) is 24.3. The van der Waals surface area contributed by atoms with Crippen LogP contribution in [0.3, 0.4) is 0 Å². The highest BCUT2D eigenvalue weighted by atomic mass is 16.3. The molecule has 10 aromatic rings. The maximum atomic E-state index is 6.56. The van der Waals surface area contributed by atoms with E-state index in [1.807, 2.05) is 0 Å². The molecule has 0 spiro atoms. The van der Waals surface area contributed by atoms with Gasteiger partial charge in [-0.15, -0.1) is 0 Å². The first kappa shape index (κ1) is 27.5. The molecule has 0 saturated heterocycles. The van der Waals surface area contributed by atoms with Crippen LogP contribution in [0, 0.1) is 0 Å². The van der Waals surface area contributed by atoms with Crippen LogP contribution in [0.15, 0.2) is 186 Å². The van der Waals surface area contributed by atoms with Crippen molar-refractivity contribution in [3.8, 4) is 16.8 Å². The van der Waals surface area contributed by atoms with Gasteiger partial charge in [0.05, 0.1) is 11.0 Å². The smallest absolute Gasteiger partial charge is 0.137 e.